The zero-order chi connectivity index (χ0) is 15.9. The largest absolute Gasteiger partial charge is 0.444 e. The number of rotatable bonds is 2. The standard InChI is InChI=1S/C6Br2F8O3/c7-3(9,5(11,12)13)1(17)19-2(18)4(8,10)6(14,15)16. The molecule has 0 aromatic heterocycles. The maximum absolute atomic E-state index is 12.8. The molecule has 0 amide bonds. The summed E-state index contributed by atoms with van der Waals surface area (Å²) in [6, 6.07) is 0. The summed E-state index contributed by atoms with van der Waals surface area (Å²) in [7, 11) is 0. The predicted molar refractivity (Wildman–Crippen MR) is 48.7 cm³/mol. The van der Waals surface area contributed by atoms with Crippen molar-refractivity contribution in [2.24, 2.45) is 0 Å². The molecular formula is C6Br2F8O3. The van der Waals surface area contributed by atoms with Crippen molar-refractivity contribution in [1.29, 1.82) is 0 Å². The molecule has 0 saturated carbocycles. The molecule has 0 bridgehead atoms. The van der Waals surface area contributed by atoms with Crippen LogP contribution in [-0.2, 0) is 14.3 Å². The Balaban J connectivity index is 5.11. The van der Waals surface area contributed by atoms with Gasteiger partial charge >= 0.3 is 33.4 Å². The number of esters is 2. The Morgan fingerprint density at radius 2 is 0.895 bits per heavy atom. The average molecular weight is 432 g/mol. The van der Waals surface area contributed by atoms with Crippen LogP contribution in [0.1, 0.15) is 0 Å². The Hall–Kier alpha value is -0.460. The van der Waals surface area contributed by atoms with Gasteiger partial charge in [-0.3, -0.25) is 0 Å². The van der Waals surface area contributed by atoms with Crippen molar-refractivity contribution >= 4 is 43.8 Å². The summed E-state index contributed by atoms with van der Waals surface area (Å²) in [6.07, 6.45) is -11.9. The molecule has 0 rings (SSSR count). The summed E-state index contributed by atoms with van der Waals surface area (Å²) in [5, 5.41) is 0. The first-order valence-electron chi connectivity index (χ1n) is 3.71. The third kappa shape index (κ3) is 3.77. The molecule has 2 atom stereocenters. The minimum atomic E-state index is -5.94. The van der Waals surface area contributed by atoms with Crippen LogP contribution in [0, 0.1) is 0 Å². The monoisotopic (exact) mass is 430 g/mol. The van der Waals surface area contributed by atoms with E-state index >= 15 is 0 Å². The maximum atomic E-state index is 12.8. The van der Waals surface area contributed by atoms with Crippen LogP contribution in [0.25, 0.3) is 0 Å². The van der Waals surface area contributed by atoms with Gasteiger partial charge < -0.3 is 4.74 Å². The molecule has 0 aliphatic rings. The van der Waals surface area contributed by atoms with Gasteiger partial charge in [0.25, 0.3) is 0 Å². The lowest BCUT2D eigenvalue weighted by molar-refractivity contribution is -0.222. The van der Waals surface area contributed by atoms with Crippen LogP contribution >= 0.6 is 31.9 Å². The Bertz CT molecular complexity index is 349. The minimum absolute atomic E-state index is 1.18. The molecular weight excluding hydrogens is 432 g/mol. The number of hydrogen-bond acceptors (Lipinski definition) is 3. The molecule has 0 aliphatic heterocycles. The molecule has 0 saturated heterocycles. The fraction of sp³-hybridized carbons (Fsp3) is 0.667. The van der Waals surface area contributed by atoms with Gasteiger partial charge in [-0.1, -0.05) is 0 Å². The second-order valence-corrected chi connectivity index (χ2v) is 5.01. The highest BCUT2D eigenvalue weighted by atomic mass is 79.9. The first kappa shape index (κ1) is 18.5. The van der Waals surface area contributed by atoms with Crippen LogP contribution < -0.4 is 0 Å². The van der Waals surface area contributed by atoms with Gasteiger partial charge in [0.1, 0.15) is 0 Å². The SMILES string of the molecule is O=C(OC(=O)C(F)(Br)C(F)(F)F)C(F)(Br)C(F)(F)F. The van der Waals surface area contributed by atoms with E-state index in [1.807, 2.05) is 0 Å². The molecule has 0 aromatic carbocycles. The fourth-order valence-corrected chi connectivity index (χ4v) is 0.606. The van der Waals surface area contributed by atoms with E-state index in [0.717, 1.165) is 0 Å². The number of ether oxygens (including phenoxy) is 1. The van der Waals surface area contributed by atoms with Gasteiger partial charge in [-0.05, 0) is 31.9 Å². The molecule has 3 nitrogen and oxygen atoms in total. The van der Waals surface area contributed by atoms with Crippen molar-refractivity contribution < 1.29 is 49.4 Å². The summed E-state index contributed by atoms with van der Waals surface area (Å²) in [5.74, 6) is -6.20. The van der Waals surface area contributed by atoms with E-state index in [0.29, 0.717) is 0 Å². The average Bonchev–Trinajstić information content (AvgIpc) is 2.13. The van der Waals surface area contributed by atoms with Gasteiger partial charge in [0.2, 0.25) is 0 Å². The van der Waals surface area contributed by atoms with Crippen molar-refractivity contribution in [3.05, 3.63) is 0 Å². The zero-order valence-corrected chi connectivity index (χ0v) is 11.2. The molecule has 0 N–H and O–H groups in total. The quantitative estimate of drug-likeness (QED) is 0.291. The number of hydrogen-bond donors (Lipinski definition) is 0. The second kappa shape index (κ2) is 5.14. The van der Waals surface area contributed by atoms with Crippen LogP contribution in [0.2, 0.25) is 0 Å². The molecule has 2 unspecified atom stereocenters. The lowest BCUT2D eigenvalue weighted by Crippen LogP contribution is -2.49. The highest BCUT2D eigenvalue weighted by Crippen LogP contribution is 2.43. The summed E-state index contributed by atoms with van der Waals surface area (Å²) < 4.78 is 89.9. The van der Waals surface area contributed by atoms with E-state index in [2.05, 4.69) is 4.74 Å². The van der Waals surface area contributed by atoms with E-state index in [1.165, 1.54) is 31.9 Å². The third-order valence-electron chi connectivity index (χ3n) is 1.41. The summed E-state index contributed by atoms with van der Waals surface area (Å²) >= 11 is 2.35. The second-order valence-electron chi connectivity index (χ2n) is 2.82. The van der Waals surface area contributed by atoms with E-state index < -0.39 is 33.4 Å². The summed E-state index contributed by atoms with van der Waals surface area (Å²) in [6.45, 7) is 0. The van der Waals surface area contributed by atoms with E-state index in [9.17, 15) is 44.7 Å². The van der Waals surface area contributed by atoms with Gasteiger partial charge in [-0.25, -0.2) is 18.4 Å². The van der Waals surface area contributed by atoms with Crippen molar-refractivity contribution in [3.8, 4) is 0 Å². The van der Waals surface area contributed by atoms with Crippen LogP contribution in [0.4, 0.5) is 35.1 Å². The molecule has 112 valence electrons. The zero-order valence-electron chi connectivity index (χ0n) is 8.00. The van der Waals surface area contributed by atoms with Crippen LogP contribution in [0.3, 0.4) is 0 Å². The Morgan fingerprint density at radius 1 is 0.684 bits per heavy atom. The van der Waals surface area contributed by atoms with Crippen LogP contribution in [0.15, 0.2) is 0 Å². The van der Waals surface area contributed by atoms with Gasteiger partial charge in [-0.2, -0.15) is 26.3 Å². The summed E-state index contributed by atoms with van der Waals surface area (Å²) in [5.41, 5.74) is 0. The number of carbonyl (C=O) groups excluding carboxylic acids is 2. The van der Waals surface area contributed by atoms with E-state index in [-0.39, 0.29) is 0 Å². The van der Waals surface area contributed by atoms with Gasteiger partial charge in [0.15, 0.2) is 0 Å². The van der Waals surface area contributed by atoms with Crippen LogP contribution in [-0.4, -0.2) is 33.4 Å². The van der Waals surface area contributed by atoms with Crippen molar-refractivity contribution in [3.63, 3.8) is 0 Å². The molecule has 0 radical (unpaired) electrons. The minimum Gasteiger partial charge on any atom is -0.386 e. The number of carbonyl (C=O) groups is 2. The third-order valence-corrected chi connectivity index (χ3v) is 2.96. The number of alkyl halides is 10. The van der Waals surface area contributed by atoms with Crippen molar-refractivity contribution in [1.82, 2.24) is 0 Å². The van der Waals surface area contributed by atoms with E-state index in [1.54, 1.807) is 0 Å². The molecule has 0 heterocycles. The van der Waals surface area contributed by atoms with Crippen molar-refractivity contribution in [2.45, 2.75) is 21.5 Å². The maximum Gasteiger partial charge on any atom is 0.444 e. The highest BCUT2D eigenvalue weighted by Gasteiger charge is 2.66. The molecule has 0 aromatic rings. The fourth-order valence-electron chi connectivity index (χ4n) is 0.444. The molecule has 0 spiro atoms. The predicted octanol–water partition coefficient (Wildman–Crippen LogP) is 3.30. The summed E-state index contributed by atoms with van der Waals surface area (Å²) in [4.78, 5) is 21.1. The van der Waals surface area contributed by atoms with Crippen LogP contribution in [0.5, 0.6) is 0 Å². The normalized spacial score (nSPS) is 19.3. The molecule has 19 heavy (non-hydrogen) atoms. The van der Waals surface area contributed by atoms with Gasteiger partial charge in [0, 0.05) is 0 Å². The first-order valence-corrected chi connectivity index (χ1v) is 5.29. The molecule has 0 aliphatic carbocycles. The van der Waals surface area contributed by atoms with Gasteiger partial charge in [-0.15, -0.1) is 0 Å². The first-order chi connectivity index (χ1) is 8.05. The van der Waals surface area contributed by atoms with Gasteiger partial charge in [0.05, 0.1) is 0 Å². The van der Waals surface area contributed by atoms with E-state index in [4.69, 9.17) is 0 Å². The Morgan fingerprint density at radius 3 is 1.05 bits per heavy atom. The lowest BCUT2D eigenvalue weighted by Gasteiger charge is -2.22. The highest BCUT2D eigenvalue weighted by molar-refractivity contribution is 9.10. The molecule has 13 heteroatoms. The smallest absolute Gasteiger partial charge is 0.386 e. The topological polar surface area (TPSA) is 43.4 Å². The van der Waals surface area contributed by atoms with Crippen molar-refractivity contribution in [2.75, 3.05) is 0 Å². The number of halogens is 10. The Kier molecular flexibility index (Phi) is 5.02. The molecule has 0 fully saturated rings. The lowest BCUT2D eigenvalue weighted by atomic mass is 10.3. The Labute approximate surface area is 115 Å².